The second-order valence-corrected chi connectivity index (χ2v) is 8.67. The largest absolute Gasteiger partial charge is 0.325 e. The average Bonchev–Trinajstić information content (AvgIpc) is 3.06. The minimum absolute atomic E-state index is 0.160. The van der Waals surface area contributed by atoms with Gasteiger partial charge in [-0.25, -0.2) is 8.42 Å². The predicted octanol–water partition coefficient (Wildman–Crippen LogP) is 3.79. The molecule has 1 amide bonds. The van der Waals surface area contributed by atoms with Crippen molar-refractivity contribution in [3.63, 3.8) is 0 Å². The molecule has 2 aromatic rings. The molecule has 2 aromatic carbocycles. The van der Waals surface area contributed by atoms with E-state index in [1.807, 2.05) is 38.1 Å². The van der Waals surface area contributed by atoms with Crippen LogP contribution in [0.5, 0.6) is 0 Å². The highest BCUT2D eigenvalue weighted by atomic mass is 32.2. The number of hydrogen-bond donors (Lipinski definition) is 1. The first kappa shape index (κ1) is 18.6. The maximum absolute atomic E-state index is 13.5. The second kappa shape index (κ2) is 7.21. The van der Waals surface area contributed by atoms with Crippen LogP contribution in [-0.2, 0) is 14.8 Å². The Morgan fingerprint density at radius 2 is 1.88 bits per heavy atom. The minimum Gasteiger partial charge on any atom is -0.325 e. The molecule has 0 aromatic heterocycles. The third kappa shape index (κ3) is 3.52. The number of benzene rings is 2. The molecule has 1 aliphatic rings. The summed E-state index contributed by atoms with van der Waals surface area (Å²) in [5.41, 5.74) is 3.30. The SMILES string of the molecule is CC(=O)Nc1ccc(C)cc1S(=O)(=O)N1CCC[C@H]1c1ccccc1C. The van der Waals surface area contributed by atoms with E-state index in [1.165, 1.54) is 6.92 Å². The third-order valence-corrected chi connectivity index (χ3v) is 6.73. The van der Waals surface area contributed by atoms with Gasteiger partial charge >= 0.3 is 0 Å². The predicted molar refractivity (Wildman–Crippen MR) is 103 cm³/mol. The van der Waals surface area contributed by atoms with Crippen molar-refractivity contribution >= 4 is 21.6 Å². The Labute approximate surface area is 155 Å². The van der Waals surface area contributed by atoms with Gasteiger partial charge in [0, 0.05) is 13.5 Å². The highest BCUT2D eigenvalue weighted by Crippen LogP contribution is 2.39. The molecule has 1 aliphatic heterocycles. The van der Waals surface area contributed by atoms with Crippen molar-refractivity contribution < 1.29 is 13.2 Å². The Hall–Kier alpha value is -2.18. The molecule has 1 saturated heterocycles. The maximum Gasteiger partial charge on any atom is 0.245 e. The Kier molecular flexibility index (Phi) is 5.16. The lowest BCUT2D eigenvalue weighted by Gasteiger charge is -2.26. The van der Waals surface area contributed by atoms with Crippen molar-refractivity contribution in [1.82, 2.24) is 4.31 Å². The monoisotopic (exact) mass is 372 g/mol. The van der Waals surface area contributed by atoms with Crippen LogP contribution in [0.2, 0.25) is 0 Å². The van der Waals surface area contributed by atoms with Gasteiger partial charge in [0.2, 0.25) is 15.9 Å². The summed E-state index contributed by atoms with van der Waals surface area (Å²) in [7, 11) is -3.73. The van der Waals surface area contributed by atoms with Crippen LogP contribution in [0.25, 0.3) is 0 Å². The standard InChI is InChI=1S/C20H24N2O3S/c1-14-10-11-18(21-16(3)23)20(13-14)26(24,25)22-12-6-9-19(22)17-8-5-4-7-15(17)2/h4-5,7-8,10-11,13,19H,6,9,12H2,1-3H3,(H,21,23)/t19-/m0/s1. The lowest BCUT2D eigenvalue weighted by molar-refractivity contribution is -0.114. The first-order valence-electron chi connectivity index (χ1n) is 8.76. The van der Waals surface area contributed by atoms with Gasteiger partial charge in [-0.2, -0.15) is 4.31 Å². The lowest BCUT2D eigenvalue weighted by atomic mass is 10.0. The summed E-state index contributed by atoms with van der Waals surface area (Å²) in [6.07, 6.45) is 1.62. The van der Waals surface area contributed by atoms with Gasteiger partial charge in [0.05, 0.1) is 11.7 Å². The molecule has 0 aliphatic carbocycles. The highest BCUT2D eigenvalue weighted by Gasteiger charge is 2.38. The number of nitrogens with zero attached hydrogens (tertiary/aromatic N) is 1. The van der Waals surface area contributed by atoms with Gasteiger partial charge in [-0.1, -0.05) is 30.3 Å². The highest BCUT2D eigenvalue weighted by molar-refractivity contribution is 7.89. The molecule has 5 nitrogen and oxygen atoms in total. The Morgan fingerprint density at radius 1 is 1.15 bits per heavy atom. The van der Waals surface area contributed by atoms with Crippen LogP contribution < -0.4 is 5.32 Å². The Balaban J connectivity index is 2.06. The van der Waals surface area contributed by atoms with Gasteiger partial charge in [0.15, 0.2) is 0 Å². The van der Waals surface area contributed by atoms with E-state index in [0.717, 1.165) is 29.5 Å². The number of anilines is 1. The van der Waals surface area contributed by atoms with Crippen molar-refractivity contribution in [2.24, 2.45) is 0 Å². The Morgan fingerprint density at radius 3 is 2.58 bits per heavy atom. The van der Waals surface area contributed by atoms with Gasteiger partial charge in [-0.05, 0) is 55.5 Å². The average molecular weight is 372 g/mol. The normalized spacial score (nSPS) is 18.0. The van der Waals surface area contributed by atoms with E-state index in [-0.39, 0.29) is 16.8 Å². The number of hydrogen-bond acceptors (Lipinski definition) is 3. The number of rotatable bonds is 4. The number of carbonyl (C=O) groups is 1. The van der Waals surface area contributed by atoms with E-state index in [2.05, 4.69) is 5.32 Å². The molecule has 1 heterocycles. The summed E-state index contributed by atoms with van der Waals surface area (Å²) < 4.78 is 28.5. The van der Waals surface area contributed by atoms with E-state index in [9.17, 15) is 13.2 Å². The van der Waals surface area contributed by atoms with Gasteiger partial charge < -0.3 is 5.32 Å². The smallest absolute Gasteiger partial charge is 0.245 e. The van der Waals surface area contributed by atoms with Gasteiger partial charge in [-0.15, -0.1) is 0 Å². The summed E-state index contributed by atoms with van der Waals surface area (Å²) in [5.74, 6) is -0.290. The van der Waals surface area contributed by atoms with Crippen molar-refractivity contribution in [1.29, 1.82) is 0 Å². The van der Waals surface area contributed by atoms with Gasteiger partial charge in [0.1, 0.15) is 4.90 Å². The molecule has 3 rings (SSSR count). The van der Waals surface area contributed by atoms with Crippen LogP contribution in [0.4, 0.5) is 5.69 Å². The molecule has 138 valence electrons. The number of nitrogens with one attached hydrogen (secondary N) is 1. The fourth-order valence-electron chi connectivity index (χ4n) is 3.56. The van der Waals surface area contributed by atoms with Gasteiger partial charge in [-0.3, -0.25) is 4.79 Å². The van der Waals surface area contributed by atoms with Crippen LogP contribution in [0, 0.1) is 13.8 Å². The molecule has 0 radical (unpaired) electrons. The molecule has 6 heteroatoms. The van der Waals surface area contributed by atoms with Crippen molar-refractivity contribution in [2.75, 3.05) is 11.9 Å². The van der Waals surface area contributed by atoms with E-state index in [0.29, 0.717) is 12.2 Å². The molecular formula is C20H24N2O3S. The first-order chi connectivity index (χ1) is 12.3. The molecule has 1 fully saturated rings. The summed E-state index contributed by atoms with van der Waals surface area (Å²) >= 11 is 0. The summed E-state index contributed by atoms with van der Waals surface area (Å²) in [5, 5.41) is 2.65. The molecule has 0 saturated carbocycles. The lowest BCUT2D eigenvalue weighted by Crippen LogP contribution is -2.31. The van der Waals surface area contributed by atoms with E-state index >= 15 is 0 Å². The number of carbonyl (C=O) groups excluding carboxylic acids is 1. The third-order valence-electron chi connectivity index (χ3n) is 4.79. The van der Waals surface area contributed by atoms with Crippen molar-refractivity contribution in [2.45, 2.75) is 44.6 Å². The summed E-state index contributed by atoms with van der Waals surface area (Å²) in [6.45, 7) is 5.71. The number of sulfonamides is 1. The number of aryl methyl sites for hydroxylation is 2. The Bertz CT molecular complexity index is 938. The fourth-order valence-corrected chi connectivity index (χ4v) is 5.47. The molecule has 0 spiro atoms. The van der Waals surface area contributed by atoms with E-state index in [4.69, 9.17) is 0 Å². The molecule has 1 atom stereocenters. The molecule has 1 N–H and O–H groups in total. The van der Waals surface area contributed by atoms with Crippen LogP contribution in [0.15, 0.2) is 47.4 Å². The van der Waals surface area contributed by atoms with Gasteiger partial charge in [0.25, 0.3) is 0 Å². The summed E-state index contributed by atoms with van der Waals surface area (Å²) in [4.78, 5) is 11.7. The zero-order chi connectivity index (χ0) is 18.9. The van der Waals surface area contributed by atoms with Crippen molar-refractivity contribution in [3.05, 3.63) is 59.2 Å². The van der Waals surface area contributed by atoms with Crippen molar-refractivity contribution in [3.8, 4) is 0 Å². The topological polar surface area (TPSA) is 66.5 Å². The minimum atomic E-state index is -3.73. The fraction of sp³-hybridized carbons (Fsp3) is 0.350. The van der Waals surface area contributed by atoms with Crippen LogP contribution in [-0.4, -0.2) is 25.2 Å². The van der Waals surface area contributed by atoms with Crippen LogP contribution in [0.3, 0.4) is 0 Å². The van der Waals surface area contributed by atoms with Crippen LogP contribution in [0.1, 0.15) is 42.5 Å². The molecule has 0 unspecified atom stereocenters. The molecule has 0 bridgehead atoms. The van der Waals surface area contributed by atoms with Crippen LogP contribution >= 0.6 is 0 Å². The first-order valence-corrected chi connectivity index (χ1v) is 10.2. The number of amides is 1. The quantitative estimate of drug-likeness (QED) is 0.888. The van der Waals surface area contributed by atoms with E-state index in [1.54, 1.807) is 22.5 Å². The summed E-state index contributed by atoms with van der Waals surface area (Å²) in [6, 6.07) is 12.8. The zero-order valence-electron chi connectivity index (χ0n) is 15.3. The zero-order valence-corrected chi connectivity index (χ0v) is 16.1. The van der Waals surface area contributed by atoms with E-state index < -0.39 is 10.0 Å². The maximum atomic E-state index is 13.5. The molecule has 26 heavy (non-hydrogen) atoms. The molecular weight excluding hydrogens is 348 g/mol. The second-order valence-electron chi connectivity index (χ2n) is 6.81.